The monoisotopic (exact) mass is 221 g/mol. The van der Waals surface area contributed by atoms with Crippen LogP contribution in [0.2, 0.25) is 0 Å². The number of benzene rings is 1. The lowest BCUT2D eigenvalue weighted by atomic mass is 10.2. The van der Waals surface area contributed by atoms with Gasteiger partial charge in [-0.15, -0.1) is 0 Å². The molecule has 0 unspecified atom stereocenters. The third-order valence-corrected chi connectivity index (χ3v) is 3.01. The summed E-state index contributed by atoms with van der Waals surface area (Å²) in [6.45, 7) is 0. The summed E-state index contributed by atoms with van der Waals surface area (Å²) in [5, 5.41) is 8.66. The summed E-state index contributed by atoms with van der Waals surface area (Å²) < 4.78 is 23.7. The van der Waals surface area contributed by atoms with Crippen molar-refractivity contribution in [2.75, 3.05) is 6.26 Å². The predicted octanol–water partition coefficient (Wildman–Crippen LogP) is 0.716. The Morgan fingerprint density at radius 3 is 2.80 bits per heavy atom. The van der Waals surface area contributed by atoms with Gasteiger partial charge >= 0.3 is 0 Å². The standard InChI is InChI=1S/C9H7N3O2S/c1-15(13,14)12-6-11-8-4-7(5-10)2-3-9(8)12/h2-4,6H,1H3. The van der Waals surface area contributed by atoms with Gasteiger partial charge in [0.25, 0.3) is 0 Å². The van der Waals surface area contributed by atoms with E-state index in [0.29, 0.717) is 16.6 Å². The maximum Gasteiger partial charge on any atom is 0.237 e. The average molecular weight is 221 g/mol. The Bertz CT molecular complexity index is 664. The highest BCUT2D eigenvalue weighted by Gasteiger charge is 2.10. The number of rotatable bonds is 1. The molecule has 0 spiro atoms. The number of aromatic nitrogens is 2. The van der Waals surface area contributed by atoms with E-state index in [1.165, 1.54) is 6.33 Å². The molecule has 76 valence electrons. The van der Waals surface area contributed by atoms with Gasteiger partial charge < -0.3 is 0 Å². The topological polar surface area (TPSA) is 75.8 Å². The molecular weight excluding hydrogens is 214 g/mol. The minimum atomic E-state index is -3.33. The highest BCUT2D eigenvalue weighted by Crippen LogP contribution is 2.15. The number of fused-ring (bicyclic) bond motifs is 1. The van der Waals surface area contributed by atoms with E-state index in [0.717, 1.165) is 10.2 Å². The molecule has 0 saturated carbocycles. The fourth-order valence-electron chi connectivity index (χ4n) is 1.32. The van der Waals surface area contributed by atoms with Crippen molar-refractivity contribution in [1.29, 1.82) is 5.26 Å². The summed E-state index contributed by atoms with van der Waals surface area (Å²) in [6, 6.07) is 6.65. The highest BCUT2D eigenvalue weighted by molar-refractivity contribution is 7.89. The molecule has 5 nitrogen and oxygen atoms in total. The first kappa shape index (κ1) is 9.68. The van der Waals surface area contributed by atoms with Gasteiger partial charge in [0.15, 0.2) is 0 Å². The zero-order valence-electron chi connectivity index (χ0n) is 7.88. The summed E-state index contributed by atoms with van der Waals surface area (Å²) in [7, 11) is -3.33. The van der Waals surface area contributed by atoms with E-state index < -0.39 is 10.0 Å². The SMILES string of the molecule is CS(=O)(=O)n1cnc2cc(C#N)ccc21. The molecule has 1 aromatic carbocycles. The normalized spacial score (nSPS) is 11.5. The van der Waals surface area contributed by atoms with Gasteiger partial charge in [-0.3, -0.25) is 0 Å². The van der Waals surface area contributed by atoms with E-state index in [1.54, 1.807) is 18.2 Å². The van der Waals surface area contributed by atoms with Gasteiger partial charge in [-0.25, -0.2) is 17.4 Å². The number of hydrogen-bond donors (Lipinski definition) is 0. The summed E-state index contributed by atoms with van der Waals surface area (Å²) in [6.07, 6.45) is 2.34. The Hall–Kier alpha value is -1.87. The van der Waals surface area contributed by atoms with E-state index in [-0.39, 0.29) is 0 Å². The van der Waals surface area contributed by atoms with Crippen molar-refractivity contribution in [3.8, 4) is 6.07 Å². The van der Waals surface area contributed by atoms with Crippen molar-refractivity contribution in [3.63, 3.8) is 0 Å². The molecule has 0 bridgehead atoms. The second kappa shape index (κ2) is 3.07. The Morgan fingerprint density at radius 2 is 2.20 bits per heavy atom. The second-order valence-corrected chi connectivity index (χ2v) is 4.98. The second-order valence-electron chi connectivity index (χ2n) is 3.12. The summed E-state index contributed by atoms with van der Waals surface area (Å²) in [5.74, 6) is 0. The van der Waals surface area contributed by atoms with Crippen molar-refractivity contribution in [3.05, 3.63) is 30.1 Å². The lowest BCUT2D eigenvalue weighted by Crippen LogP contribution is -2.08. The largest absolute Gasteiger partial charge is 0.237 e. The molecule has 6 heteroatoms. The third-order valence-electron chi connectivity index (χ3n) is 2.00. The van der Waals surface area contributed by atoms with E-state index in [2.05, 4.69) is 4.98 Å². The lowest BCUT2D eigenvalue weighted by molar-refractivity contribution is 0.595. The number of nitriles is 1. The van der Waals surface area contributed by atoms with Crippen LogP contribution in [0.4, 0.5) is 0 Å². The summed E-state index contributed by atoms with van der Waals surface area (Å²) >= 11 is 0. The molecule has 2 rings (SSSR count). The Morgan fingerprint density at radius 1 is 1.47 bits per heavy atom. The van der Waals surface area contributed by atoms with Crippen molar-refractivity contribution in [1.82, 2.24) is 8.96 Å². The highest BCUT2D eigenvalue weighted by atomic mass is 32.2. The minimum Gasteiger partial charge on any atom is -0.236 e. The van der Waals surface area contributed by atoms with E-state index in [4.69, 9.17) is 5.26 Å². The fourth-order valence-corrected chi connectivity index (χ4v) is 2.05. The Kier molecular flexibility index (Phi) is 1.98. The van der Waals surface area contributed by atoms with Crippen LogP contribution in [-0.4, -0.2) is 23.6 Å². The van der Waals surface area contributed by atoms with Crippen LogP contribution >= 0.6 is 0 Å². The average Bonchev–Trinajstić information content (AvgIpc) is 2.59. The molecular formula is C9H7N3O2S. The van der Waals surface area contributed by atoms with Crippen LogP contribution in [0.5, 0.6) is 0 Å². The lowest BCUT2D eigenvalue weighted by Gasteiger charge is -1.99. The molecule has 2 aromatic rings. The maximum absolute atomic E-state index is 11.3. The van der Waals surface area contributed by atoms with Crippen LogP contribution in [-0.2, 0) is 10.0 Å². The minimum absolute atomic E-state index is 0.459. The van der Waals surface area contributed by atoms with E-state index in [1.807, 2.05) is 6.07 Å². The molecule has 0 fully saturated rings. The van der Waals surface area contributed by atoms with Gasteiger partial charge in [-0.05, 0) is 18.2 Å². The van der Waals surface area contributed by atoms with Gasteiger partial charge in [0, 0.05) is 0 Å². The third kappa shape index (κ3) is 1.57. The zero-order chi connectivity index (χ0) is 11.1. The van der Waals surface area contributed by atoms with E-state index in [9.17, 15) is 8.42 Å². The van der Waals surface area contributed by atoms with Crippen molar-refractivity contribution in [2.45, 2.75) is 0 Å². The summed E-state index contributed by atoms with van der Waals surface area (Å²) in [5.41, 5.74) is 1.44. The Labute approximate surface area is 86.6 Å². The van der Waals surface area contributed by atoms with Gasteiger partial charge in [-0.2, -0.15) is 5.26 Å². The zero-order valence-corrected chi connectivity index (χ0v) is 8.69. The predicted molar refractivity (Wildman–Crippen MR) is 54.7 cm³/mol. The summed E-state index contributed by atoms with van der Waals surface area (Å²) in [4.78, 5) is 3.93. The quantitative estimate of drug-likeness (QED) is 0.710. The van der Waals surface area contributed by atoms with Crippen molar-refractivity contribution < 1.29 is 8.42 Å². The smallest absolute Gasteiger partial charge is 0.236 e. The molecule has 0 N–H and O–H groups in total. The maximum atomic E-state index is 11.3. The molecule has 0 aliphatic carbocycles. The van der Waals surface area contributed by atoms with Gasteiger partial charge in [0.2, 0.25) is 10.0 Å². The number of nitrogens with zero attached hydrogens (tertiary/aromatic N) is 3. The van der Waals surface area contributed by atoms with Crippen molar-refractivity contribution in [2.24, 2.45) is 0 Å². The van der Waals surface area contributed by atoms with Crippen LogP contribution in [0.1, 0.15) is 5.56 Å². The molecule has 0 atom stereocenters. The fraction of sp³-hybridized carbons (Fsp3) is 0.111. The molecule has 0 radical (unpaired) electrons. The Balaban J connectivity index is 2.80. The van der Waals surface area contributed by atoms with Gasteiger partial charge in [-0.1, -0.05) is 0 Å². The first-order chi connectivity index (χ1) is 7.02. The first-order valence-electron chi connectivity index (χ1n) is 4.10. The first-order valence-corrected chi connectivity index (χ1v) is 5.95. The van der Waals surface area contributed by atoms with Crippen LogP contribution in [0.3, 0.4) is 0 Å². The molecule has 0 aliphatic heterocycles. The van der Waals surface area contributed by atoms with E-state index >= 15 is 0 Å². The van der Waals surface area contributed by atoms with Crippen molar-refractivity contribution >= 4 is 21.1 Å². The molecule has 1 heterocycles. The van der Waals surface area contributed by atoms with Crippen LogP contribution in [0.25, 0.3) is 11.0 Å². The van der Waals surface area contributed by atoms with Crippen LogP contribution in [0, 0.1) is 11.3 Å². The van der Waals surface area contributed by atoms with Crippen LogP contribution < -0.4 is 0 Å². The molecule has 0 aliphatic rings. The van der Waals surface area contributed by atoms with Gasteiger partial charge in [0.1, 0.15) is 6.33 Å². The van der Waals surface area contributed by atoms with Gasteiger partial charge in [0.05, 0.1) is 28.9 Å². The van der Waals surface area contributed by atoms with Crippen LogP contribution in [0.15, 0.2) is 24.5 Å². The number of imidazole rings is 1. The molecule has 15 heavy (non-hydrogen) atoms. The molecule has 1 aromatic heterocycles. The molecule has 0 saturated heterocycles. The molecule has 0 amide bonds. The number of hydrogen-bond acceptors (Lipinski definition) is 4.